The number of hydrogen-bond acceptors (Lipinski definition) is 4. The fourth-order valence-corrected chi connectivity index (χ4v) is 5.30. The number of anilines is 1. The molecule has 202 valence electrons. The van der Waals surface area contributed by atoms with Crippen LogP contribution in [0.1, 0.15) is 29.3 Å². The molecule has 0 bridgehead atoms. The van der Waals surface area contributed by atoms with Crippen molar-refractivity contribution >= 4 is 17.8 Å². The standard InChI is InChI=1S/C31H23F4N3O2/c1-16-12-21-22(26(33)28(35)27(34)25(21)32)14-24(39)38(15-16)31-29(17-6-4-3-5-7-17)37-30-20-10-9-19(40-2)13-18(20)8-11-23(30)36-31/h3-7,9-10,12-13H,8,11,14-15H2,1-2H3/b16-12-. The van der Waals surface area contributed by atoms with Gasteiger partial charge in [-0.2, -0.15) is 0 Å². The third-order valence-corrected chi connectivity index (χ3v) is 7.28. The van der Waals surface area contributed by atoms with Gasteiger partial charge in [0.05, 0.1) is 24.9 Å². The summed E-state index contributed by atoms with van der Waals surface area (Å²) in [5, 5.41) is 0. The molecule has 1 amide bonds. The van der Waals surface area contributed by atoms with E-state index in [4.69, 9.17) is 14.7 Å². The Morgan fingerprint density at radius 2 is 1.62 bits per heavy atom. The minimum atomic E-state index is -1.95. The molecule has 1 aliphatic heterocycles. The fraction of sp³-hybridized carbons (Fsp3) is 0.194. The van der Waals surface area contributed by atoms with Crippen LogP contribution in [0.5, 0.6) is 5.75 Å². The molecular formula is C31H23F4N3O2. The second kappa shape index (κ2) is 9.89. The second-order valence-electron chi connectivity index (χ2n) is 9.88. The van der Waals surface area contributed by atoms with Gasteiger partial charge in [-0.1, -0.05) is 42.0 Å². The molecule has 3 aromatic carbocycles. The molecule has 0 N–H and O–H groups in total. The number of hydrogen-bond donors (Lipinski definition) is 0. The molecule has 2 heterocycles. The van der Waals surface area contributed by atoms with Crippen LogP contribution in [0.25, 0.3) is 28.6 Å². The zero-order chi connectivity index (χ0) is 28.1. The number of aryl methyl sites for hydroxylation is 2. The summed E-state index contributed by atoms with van der Waals surface area (Å²) in [6.45, 7) is 1.57. The number of carbonyl (C=O) groups is 1. The van der Waals surface area contributed by atoms with E-state index in [1.807, 2.05) is 48.5 Å². The van der Waals surface area contributed by atoms with Crippen LogP contribution in [0, 0.1) is 23.3 Å². The molecule has 0 spiro atoms. The van der Waals surface area contributed by atoms with Crippen LogP contribution in [-0.2, 0) is 24.1 Å². The Kier molecular flexibility index (Phi) is 6.37. The smallest absolute Gasteiger partial charge is 0.233 e. The van der Waals surface area contributed by atoms with E-state index >= 15 is 0 Å². The highest BCUT2D eigenvalue weighted by Crippen LogP contribution is 2.39. The van der Waals surface area contributed by atoms with E-state index < -0.39 is 46.7 Å². The normalized spacial score (nSPS) is 15.8. The SMILES string of the molecule is COc1ccc2c(c1)CCc1nc(N3C/C(C)=C\c4c(F)c(F)c(F)c(F)c4CC3=O)c(-c3ccccc3)nc1-2. The van der Waals surface area contributed by atoms with Crippen LogP contribution in [0.2, 0.25) is 0 Å². The number of halogens is 4. The second-order valence-corrected chi connectivity index (χ2v) is 9.88. The number of methoxy groups -OCH3 is 1. The van der Waals surface area contributed by atoms with Crippen LogP contribution < -0.4 is 9.64 Å². The van der Waals surface area contributed by atoms with Crippen LogP contribution >= 0.6 is 0 Å². The Hall–Kier alpha value is -4.53. The van der Waals surface area contributed by atoms with Gasteiger partial charge in [-0.05, 0) is 43.5 Å². The van der Waals surface area contributed by atoms with Gasteiger partial charge < -0.3 is 4.74 Å². The van der Waals surface area contributed by atoms with Crippen molar-refractivity contribution < 1.29 is 27.1 Å². The van der Waals surface area contributed by atoms with Crippen molar-refractivity contribution in [1.82, 2.24) is 9.97 Å². The van der Waals surface area contributed by atoms with E-state index in [-0.39, 0.29) is 12.4 Å². The van der Waals surface area contributed by atoms with E-state index in [1.54, 1.807) is 14.0 Å². The van der Waals surface area contributed by atoms with Crippen LogP contribution in [0.4, 0.5) is 23.4 Å². The maximum absolute atomic E-state index is 14.8. The number of carbonyl (C=O) groups excluding carboxylic acids is 1. The van der Waals surface area contributed by atoms with Gasteiger partial charge >= 0.3 is 0 Å². The van der Waals surface area contributed by atoms with Gasteiger partial charge in [-0.3, -0.25) is 9.69 Å². The average Bonchev–Trinajstić information content (AvgIpc) is 2.98. The first-order valence-corrected chi connectivity index (χ1v) is 12.7. The minimum absolute atomic E-state index is 0.0284. The van der Waals surface area contributed by atoms with Gasteiger partial charge in [-0.25, -0.2) is 27.5 Å². The van der Waals surface area contributed by atoms with Crippen LogP contribution in [-0.4, -0.2) is 29.5 Å². The molecule has 0 fully saturated rings. The van der Waals surface area contributed by atoms with E-state index in [0.717, 1.165) is 16.9 Å². The predicted octanol–water partition coefficient (Wildman–Crippen LogP) is 6.47. The zero-order valence-electron chi connectivity index (χ0n) is 21.7. The molecule has 0 saturated carbocycles. The third kappa shape index (κ3) is 4.22. The van der Waals surface area contributed by atoms with Crippen molar-refractivity contribution in [1.29, 1.82) is 0 Å². The highest BCUT2D eigenvalue weighted by molar-refractivity contribution is 5.99. The first-order valence-electron chi connectivity index (χ1n) is 12.7. The number of rotatable bonds is 3. The van der Waals surface area contributed by atoms with E-state index in [0.29, 0.717) is 41.1 Å². The first-order chi connectivity index (χ1) is 19.3. The van der Waals surface area contributed by atoms with E-state index in [9.17, 15) is 22.4 Å². The molecule has 1 aliphatic carbocycles. The van der Waals surface area contributed by atoms with Crippen molar-refractivity contribution in [2.75, 3.05) is 18.6 Å². The number of benzene rings is 3. The molecule has 0 radical (unpaired) electrons. The van der Waals surface area contributed by atoms with Crippen molar-refractivity contribution in [3.05, 3.63) is 99.8 Å². The Morgan fingerprint density at radius 3 is 2.38 bits per heavy atom. The summed E-state index contributed by atoms with van der Waals surface area (Å²) < 4.78 is 62.9. The minimum Gasteiger partial charge on any atom is -0.497 e. The predicted molar refractivity (Wildman–Crippen MR) is 143 cm³/mol. The van der Waals surface area contributed by atoms with E-state index in [1.165, 1.54) is 11.0 Å². The van der Waals surface area contributed by atoms with Crippen molar-refractivity contribution in [2.24, 2.45) is 0 Å². The van der Waals surface area contributed by atoms with E-state index in [2.05, 4.69) is 0 Å². The number of amides is 1. The van der Waals surface area contributed by atoms with Gasteiger partial charge in [0.15, 0.2) is 29.1 Å². The molecule has 0 unspecified atom stereocenters. The maximum Gasteiger partial charge on any atom is 0.233 e. The number of fused-ring (bicyclic) bond motifs is 4. The molecule has 9 heteroatoms. The van der Waals surface area contributed by atoms with Crippen molar-refractivity contribution in [3.63, 3.8) is 0 Å². The zero-order valence-corrected chi connectivity index (χ0v) is 21.7. The summed E-state index contributed by atoms with van der Waals surface area (Å²) in [5.41, 5.74) is 3.92. The summed E-state index contributed by atoms with van der Waals surface area (Å²) in [6, 6.07) is 15.0. The first kappa shape index (κ1) is 25.7. The molecule has 2 aliphatic rings. The fourth-order valence-electron chi connectivity index (χ4n) is 5.30. The number of nitrogens with zero attached hydrogens (tertiary/aromatic N) is 3. The lowest BCUT2D eigenvalue weighted by Gasteiger charge is -2.29. The summed E-state index contributed by atoms with van der Waals surface area (Å²) in [4.78, 5) is 25.0. The third-order valence-electron chi connectivity index (χ3n) is 7.28. The highest BCUT2D eigenvalue weighted by Gasteiger charge is 2.32. The summed E-state index contributed by atoms with van der Waals surface area (Å²) >= 11 is 0. The Morgan fingerprint density at radius 1 is 0.875 bits per heavy atom. The van der Waals surface area contributed by atoms with Crippen LogP contribution in [0.3, 0.4) is 0 Å². The van der Waals surface area contributed by atoms with Gasteiger partial charge in [0.1, 0.15) is 11.4 Å². The Bertz CT molecular complexity index is 1720. The summed E-state index contributed by atoms with van der Waals surface area (Å²) in [5.74, 6) is -6.62. The average molecular weight is 546 g/mol. The number of aromatic nitrogens is 2. The molecule has 4 aromatic rings. The molecule has 40 heavy (non-hydrogen) atoms. The molecule has 0 atom stereocenters. The summed E-state index contributed by atoms with van der Waals surface area (Å²) in [7, 11) is 1.61. The van der Waals surface area contributed by atoms with Crippen molar-refractivity contribution in [3.8, 4) is 28.3 Å². The largest absolute Gasteiger partial charge is 0.497 e. The Labute approximate surface area is 227 Å². The molecule has 6 rings (SSSR count). The van der Waals surface area contributed by atoms with Crippen molar-refractivity contribution in [2.45, 2.75) is 26.2 Å². The van der Waals surface area contributed by atoms with Gasteiger partial charge in [0.25, 0.3) is 0 Å². The van der Waals surface area contributed by atoms with Crippen LogP contribution in [0.15, 0.2) is 54.1 Å². The monoisotopic (exact) mass is 545 g/mol. The lowest BCUT2D eigenvalue weighted by molar-refractivity contribution is -0.118. The molecule has 5 nitrogen and oxygen atoms in total. The van der Waals surface area contributed by atoms with Gasteiger partial charge in [-0.15, -0.1) is 0 Å². The maximum atomic E-state index is 14.8. The quantitative estimate of drug-likeness (QED) is 0.168. The molecular weight excluding hydrogens is 522 g/mol. The summed E-state index contributed by atoms with van der Waals surface area (Å²) in [6.07, 6.45) is 1.81. The molecule has 0 saturated heterocycles. The Balaban J connectivity index is 1.53. The highest BCUT2D eigenvalue weighted by atomic mass is 19.2. The van der Waals surface area contributed by atoms with Gasteiger partial charge in [0.2, 0.25) is 5.91 Å². The molecule has 1 aromatic heterocycles. The number of ether oxygens (including phenoxy) is 1. The lowest BCUT2D eigenvalue weighted by Crippen LogP contribution is -2.37. The topological polar surface area (TPSA) is 55.3 Å². The lowest BCUT2D eigenvalue weighted by atomic mass is 9.91. The van der Waals surface area contributed by atoms with Gasteiger partial charge in [0, 0.05) is 28.8 Å².